The van der Waals surface area contributed by atoms with Crippen LogP contribution in [0.2, 0.25) is 0 Å². The zero-order chi connectivity index (χ0) is 17.4. The first-order valence-electron chi connectivity index (χ1n) is 8.88. The standard InChI is InChI=1S/C19H31N5/c20-10-9-14-5-7-17(8-6-14)24-13-16(12-21)19(23)11-15-3-1-2-4-18(15)22/h1-4,12-14,17,19H,5-11,20-23H2. The van der Waals surface area contributed by atoms with Gasteiger partial charge in [0.25, 0.3) is 0 Å². The summed E-state index contributed by atoms with van der Waals surface area (Å²) >= 11 is 0. The minimum absolute atomic E-state index is 0.197. The molecule has 1 fully saturated rings. The molecular weight excluding hydrogens is 298 g/mol. The summed E-state index contributed by atoms with van der Waals surface area (Å²) in [7, 11) is 0. The van der Waals surface area contributed by atoms with Crippen LogP contribution in [-0.4, -0.2) is 24.8 Å². The maximum atomic E-state index is 6.30. The fourth-order valence-corrected chi connectivity index (χ4v) is 3.35. The summed E-state index contributed by atoms with van der Waals surface area (Å²) in [5.74, 6) is 0.772. The lowest BCUT2D eigenvalue weighted by atomic mass is 9.84. The van der Waals surface area contributed by atoms with Gasteiger partial charge in [0.2, 0.25) is 0 Å². The van der Waals surface area contributed by atoms with Crippen LogP contribution in [0.25, 0.3) is 0 Å². The van der Waals surface area contributed by atoms with E-state index in [0.29, 0.717) is 12.5 Å². The average Bonchev–Trinajstić information content (AvgIpc) is 2.59. The normalized spacial score (nSPS) is 23.5. The third-order valence-electron chi connectivity index (χ3n) is 4.94. The van der Waals surface area contributed by atoms with Crippen molar-refractivity contribution in [1.82, 2.24) is 0 Å². The molecule has 5 nitrogen and oxygen atoms in total. The van der Waals surface area contributed by atoms with Crippen LogP contribution in [0.3, 0.4) is 0 Å². The molecule has 1 saturated carbocycles. The lowest BCUT2D eigenvalue weighted by molar-refractivity contribution is 0.315. The third-order valence-corrected chi connectivity index (χ3v) is 4.94. The van der Waals surface area contributed by atoms with E-state index in [1.807, 2.05) is 30.5 Å². The first-order chi connectivity index (χ1) is 11.6. The molecule has 0 heterocycles. The van der Waals surface area contributed by atoms with Crippen molar-refractivity contribution in [2.24, 2.45) is 28.1 Å². The second-order valence-electron chi connectivity index (χ2n) is 6.71. The van der Waals surface area contributed by atoms with Gasteiger partial charge < -0.3 is 22.9 Å². The van der Waals surface area contributed by atoms with Crippen LogP contribution in [0.1, 0.15) is 37.7 Å². The van der Waals surface area contributed by atoms with E-state index in [-0.39, 0.29) is 6.04 Å². The molecule has 1 aromatic carbocycles. The Morgan fingerprint density at radius 1 is 1.21 bits per heavy atom. The second-order valence-corrected chi connectivity index (χ2v) is 6.71. The molecule has 2 rings (SSSR count). The summed E-state index contributed by atoms with van der Waals surface area (Å²) in [6.07, 6.45) is 9.89. The van der Waals surface area contributed by atoms with Crippen molar-refractivity contribution in [2.75, 3.05) is 12.3 Å². The first kappa shape index (κ1) is 18.5. The first-order valence-corrected chi connectivity index (χ1v) is 8.88. The Labute approximate surface area is 145 Å². The smallest absolute Gasteiger partial charge is 0.0500 e. The van der Waals surface area contributed by atoms with Gasteiger partial charge in [-0.3, -0.25) is 4.99 Å². The lowest BCUT2D eigenvalue weighted by Gasteiger charge is -2.26. The second kappa shape index (κ2) is 9.45. The highest BCUT2D eigenvalue weighted by atomic mass is 14.8. The molecule has 1 aliphatic rings. The Morgan fingerprint density at radius 3 is 2.54 bits per heavy atom. The van der Waals surface area contributed by atoms with Gasteiger partial charge in [-0.05, 0) is 62.6 Å². The van der Waals surface area contributed by atoms with Crippen LogP contribution in [0.4, 0.5) is 5.69 Å². The zero-order valence-corrected chi connectivity index (χ0v) is 14.4. The number of para-hydroxylation sites is 1. The molecule has 0 aliphatic heterocycles. The zero-order valence-electron chi connectivity index (χ0n) is 14.4. The van der Waals surface area contributed by atoms with E-state index < -0.39 is 0 Å². The summed E-state index contributed by atoms with van der Waals surface area (Å²) in [4.78, 5) is 4.72. The van der Waals surface area contributed by atoms with Gasteiger partial charge in [0.15, 0.2) is 0 Å². The number of nitrogen functional groups attached to an aromatic ring is 1. The molecule has 8 N–H and O–H groups in total. The van der Waals surface area contributed by atoms with Gasteiger partial charge in [0, 0.05) is 35.8 Å². The molecule has 0 radical (unpaired) electrons. The number of rotatable bonds is 7. The number of hydrogen-bond acceptors (Lipinski definition) is 5. The number of aliphatic imine (C=N–C) groups is 1. The predicted molar refractivity (Wildman–Crippen MR) is 103 cm³/mol. The number of nitrogens with zero attached hydrogens (tertiary/aromatic N) is 1. The molecule has 0 bridgehead atoms. The van der Waals surface area contributed by atoms with Crippen molar-refractivity contribution in [3.05, 3.63) is 41.6 Å². The van der Waals surface area contributed by atoms with E-state index in [9.17, 15) is 0 Å². The Balaban J connectivity index is 1.89. The largest absolute Gasteiger partial charge is 0.404 e. The van der Waals surface area contributed by atoms with E-state index in [2.05, 4.69) is 0 Å². The van der Waals surface area contributed by atoms with Crippen molar-refractivity contribution in [2.45, 2.75) is 50.6 Å². The Morgan fingerprint density at radius 2 is 1.92 bits per heavy atom. The highest BCUT2D eigenvalue weighted by Gasteiger charge is 2.20. The van der Waals surface area contributed by atoms with E-state index in [1.165, 1.54) is 12.8 Å². The number of benzene rings is 1. The number of hydrogen-bond donors (Lipinski definition) is 4. The molecule has 5 heteroatoms. The van der Waals surface area contributed by atoms with Gasteiger partial charge in [-0.15, -0.1) is 0 Å². The molecule has 0 aromatic heterocycles. The molecule has 1 unspecified atom stereocenters. The summed E-state index contributed by atoms with van der Waals surface area (Å²) in [5, 5.41) is 0. The molecule has 24 heavy (non-hydrogen) atoms. The predicted octanol–water partition coefficient (Wildman–Crippen LogP) is 1.96. The Kier molecular flexibility index (Phi) is 7.28. The Hall–Kier alpha value is -1.85. The maximum absolute atomic E-state index is 6.30. The average molecular weight is 329 g/mol. The monoisotopic (exact) mass is 329 g/mol. The summed E-state index contributed by atoms with van der Waals surface area (Å²) < 4.78 is 0. The van der Waals surface area contributed by atoms with E-state index in [0.717, 1.165) is 48.5 Å². The SMILES string of the molecule is NC=C(C=NC1CCC(CCN)CC1)C(N)Cc1ccccc1N. The fraction of sp³-hybridized carbons (Fsp3) is 0.526. The summed E-state index contributed by atoms with van der Waals surface area (Å²) in [6, 6.07) is 7.96. The van der Waals surface area contributed by atoms with E-state index >= 15 is 0 Å². The topological polar surface area (TPSA) is 116 Å². The van der Waals surface area contributed by atoms with Crippen LogP contribution in [-0.2, 0) is 6.42 Å². The van der Waals surface area contributed by atoms with Crippen molar-refractivity contribution in [1.29, 1.82) is 0 Å². The lowest BCUT2D eigenvalue weighted by Crippen LogP contribution is -2.28. The molecule has 0 spiro atoms. The van der Waals surface area contributed by atoms with Gasteiger partial charge in [0.05, 0.1) is 0 Å². The fourth-order valence-electron chi connectivity index (χ4n) is 3.35. The molecule has 0 saturated heterocycles. The van der Waals surface area contributed by atoms with Crippen molar-refractivity contribution in [3.63, 3.8) is 0 Å². The Bertz CT molecular complexity index is 559. The van der Waals surface area contributed by atoms with Crippen LogP contribution >= 0.6 is 0 Å². The molecule has 1 aromatic rings. The quantitative estimate of drug-likeness (QED) is 0.452. The summed E-state index contributed by atoms with van der Waals surface area (Å²) in [6.45, 7) is 0.788. The van der Waals surface area contributed by atoms with Gasteiger partial charge in [-0.25, -0.2) is 0 Å². The summed E-state index contributed by atoms with van der Waals surface area (Å²) in [5.41, 5.74) is 26.4. The van der Waals surface area contributed by atoms with Crippen LogP contribution in [0.15, 0.2) is 41.0 Å². The molecular formula is C19H31N5. The molecule has 0 amide bonds. The van der Waals surface area contributed by atoms with Crippen molar-refractivity contribution in [3.8, 4) is 0 Å². The van der Waals surface area contributed by atoms with Crippen molar-refractivity contribution < 1.29 is 0 Å². The number of nitrogens with two attached hydrogens (primary N) is 4. The highest BCUT2D eigenvalue weighted by molar-refractivity contribution is 5.80. The molecule has 132 valence electrons. The third kappa shape index (κ3) is 5.35. The molecule has 1 atom stereocenters. The maximum Gasteiger partial charge on any atom is 0.0500 e. The minimum Gasteiger partial charge on any atom is -0.404 e. The number of anilines is 1. The molecule has 1 aliphatic carbocycles. The van der Waals surface area contributed by atoms with Gasteiger partial charge in [-0.2, -0.15) is 0 Å². The van der Waals surface area contributed by atoms with Crippen molar-refractivity contribution >= 4 is 11.9 Å². The minimum atomic E-state index is -0.197. The van der Waals surface area contributed by atoms with Gasteiger partial charge in [0.1, 0.15) is 0 Å². The van der Waals surface area contributed by atoms with Gasteiger partial charge >= 0.3 is 0 Å². The van der Waals surface area contributed by atoms with Crippen LogP contribution < -0.4 is 22.9 Å². The van der Waals surface area contributed by atoms with Gasteiger partial charge in [-0.1, -0.05) is 18.2 Å². The van der Waals surface area contributed by atoms with E-state index in [4.69, 9.17) is 27.9 Å². The van der Waals surface area contributed by atoms with E-state index in [1.54, 1.807) is 6.20 Å². The van der Waals surface area contributed by atoms with Crippen LogP contribution in [0, 0.1) is 5.92 Å². The highest BCUT2D eigenvalue weighted by Crippen LogP contribution is 2.28. The van der Waals surface area contributed by atoms with Crippen LogP contribution in [0.5, 0.6) is 0 Å².